The zero-order valence-electron chi connectivity index (χ0n) is 30.3. The maximum atomic E-state index is 13.4. The Morgan fingerprint density at radius 2 is 1.18 bits per heavy atom. The van der Waals surface area contributed by atoms with E-state index < -0.39 is 11.9 Å². The Morgan fingerprint density at radius 3 is 1.65 bits per heavy atom. The third-order valence-electron chi connectivity index (χ3n) is 10.7. The van der Waals surface area contributed by atoms with E-state index >= 15 is 0 Å². The van der Waals surface area contributed by atoms with E-state index in [0.717, 1.165) is 95.9 Å². The number of hydrogen-bond acceptors (Lipinski definition) is 6. The maximum absolute atomic E-state index is 13.4. The summed E-state index contributed by atoms with van der Waals surface area (Å²) in [5.41, 5.74) is 5.52. The highest BCUT2D eigenvalue weighted by Crippen LogP contribution is 2.31. The van der Waals surface area contributed by atoms with Gasteiger partial charge in [0, 0.05) is 101 Å². The number of carboxylic acid groups (broad SMARTS) is 2. The fourth-order valence-corrected chi connectivity index (χ4v) is 7.66. The molecule has 2 aliphatic heterocycles. The van der Waals surface area contributed by atoms with E-state index in [4.69, 9.17) is 10.2 Å². The van der Waals surface area contributed by atoms with Crippen molar-refractivity contribution in [2.75, 3.05) is 32.7 Å². The number of halogens is 2. The van der Waals surface area contributed by atoms with E-state index in [0.29, 0.717) is 24.9 Å². The van der Waals surface area contributed by atoms with Crippen LogP contribution in [0.1, 0.15) is 38.5 Å². The summed E-state index contributed by atoms with van der Waals surface area (Å²) in [4.78, 5) is 43.4. The van der Waals surface area contributed by atoms with Crippen molar-refractivity contribution in [1.82, 2.24) is 39.3 Å². The minimum atomic E-state index is -0.942. The topological polar surface area (TPSA) is 165 Å². The molecule has 4 N–H and O–H groups in total. The molecule has 8 rings (SSSR count). The van der Waals surface area contributed by atoms with Crippen LogP contribution in [-0.4, -0.2) is 100 Å². The van der Waals surface area contributed by atoms with Crippen LogP contribution in [0.25, 0.3) is 44.1 Å². The van der Waals surface area contributed by atoms with Gasteiger partial charge < -0.3 is 25.1 Å². The van der Waals surface area contributed by atoms with Crippen molar-refractivity contribution < 1.29 is 33.4 Å². The van der Waals surface area contributed by atoms with E-state index in [1.807, 2.05) is 51.4 Å². The molecule has 13 nitrogen and oxygen atoms in total. The van der Waals surface area contributed by atoms with E-state index in [9.17, 15) is 23.2 Å². The van der Waals surface area contributed by atoms with Crippen molar-refractivity contribution in [3.05, 3.63) is 85.2 Å². The minimum absolute atomic E-state index is 0.0665. The molecule has 2 aromatic carbocycles. The highest BCUT2D eigenvalue weighted by Gasteiger charge is 2.24. The second-order valence-corrected chi connectivity index (χ2v) is 14.5. The summed E-state index contributed by atoms with van der Waals surface area (Å²) >= 11 is 0. The lowest BCUT2D eigenvalue weighted by Gasteiger charge is -2.32. The van der Waals surface area contributed by atoms with Gasteiger partial charge in [-0.2, -0.15) is 10.2 Å². The van der Waals surface area contributed by atoms with Crippen LogP contribution in [0.15, 0.2) is 73.6 Å². The number of amides is 1. The molecule has 0 spiro atoms. The van der Waals surface area contributed by atoms with Crippen LogP contribution in [0.3, 0.4) is 0 Å². The number of carboxylic acids is 2. The lowest BCUT2D eigenvalue weighted by molar-refractivity contribution is -0.141. The smallest absolute Gasteiger partial charge is 0.317 e. The van der Waals surface area contributed by atoms with Crippen LogP contribution in [0, 0.1) is 23.5 Å². The Balaban J connectivity index is 0.000000170. The first-order chi connectivity index (χ1) is 26.6. The number of aliphatic carboxylic acids is 2. The number of carbonyl (C=O) groups is 3. The van der Waals surface area contributed by atoms with Crippen LogP contribution in [0.2, 0.25) is 0 Å². The number of piperidine rings is 2. The Labute approximate surface area is 315 Å². The summed E-state index contributed by atoms with van der Waals surface area (Å²) in [5, 5.41) is 28.5. The van der Waals surface area contributed by atoms with Gasteiger partial charge in [-0.25, -0.2) is 8.78 Å². The van der Waals surface area contributed by atoms with Crippen molar-refractivity contribution >= 4 is 39.7 Å². The summed E-state index contributed by atoms with van der Waals surface area (Å²) < 4.78 is 30.6. The summed E-state index contributed by atoms with van der Waals surface area (Å²) in [5.74, 6) is -1.39. The second kappa shape index (κ2) is 16.7. The number of benzene rings is 2. The summed E-state index contributed by atoms with van der Waals surface area (Å²) in [6.07, 6.45) is 15.1. The average Bonchev–Trinajstić information content (AvgIpc) is 3.98. The van der Waals surface area contributed by atoms with Gasteiger partial charge in [-0.15, -0.1) is 0 Å². The number of likely N-dealkylation sites (tertiary alicyclic amines) is 2. The number of aromatic amines is 2. The number of fused-ring (bicyclic) bond motifs is 2. The second-order valence-electron chi connectivity index (χ2n) is 14.5. The Morgan fingerprint density at radius 1 is 0.691 bits per heavy atom. The van der Waals surface area contributed by atoms with Gasteiger partial charge in [0.15, 0.2) is 0 Å². The van der Waals surface area contributed by atoms with Crippen molar-refractivity contribution in [1.29, 1.82) is 0 Å². The number of hydrogen-bond donors (Lipinski definition) is 4. The molecular weight excluding hydrogens is 710 g/mol. The standard InChI is InChI=1S/C21H23FN4O3.C19H21FN4O2/c22-16-1-2-17-18(11-23-19(17)9-16)15-10-24-26(13-15)12-14-5-7-25(8-6-14)20(27)3-4-21(28)29;20-15-1-2-16-17(9-21-18(16)7-15)14-8-22-24(11-14)10-13-3-5-23(6-4-13)12-19(25)26/h1-2,9-11,13-14,23H,3-8,12H2,(H,28,29);1-2,7-9,11,13,21H,3-6,10,12H2,(H,25,26). The molecule has 0 aliphatic carbocycles. The molecule has 2 fully saturated rings. The fraction of sp³-hybridized carbons (Fsp3) is 0.375. The van der Waals surface area contributed by atoms with Gasteiger partial charge in [-0.05, 0) is 87.0 Å². The monoisotopic (exact) mass is 754 g/mol. The van der Waals surface area contributed by atoms with Gasteiger partial charge in [0.1, 0.15) is 11.6 Å². The highest BCUT2D eigenvalue weighted by atomic mass is 19.1. The molecule has 2 saturated heterocycles. The van der Waals surface area contributed by atoms with Crippen molar-refractivity contribution in [3.8, 4) is 22.3 Å². The first-order valence-corrected chi connectivity index (χ1v) is 18.6. The van der Waals surface area contributed by atoms with Crippen LogP contribution in [0.5, 0.6) is 0 Å². The van der Waals surface area contributed by atoms with Gasteiger partial charge in [0.05, 0.1) is 25.4 Å². The number of rotatable bonds is 11. The molecule has 0 radical (unpaired) electrons. The van der Waals surface area contributed by atoms with Crippen molar-refractivity contribution in [2.45, 2.75) is 51.6 Å². The highest BCUT2D eigenvalue weighted by molar-refractivity contribution is 5.96. The number of nitrogens with zero attached hydrogens (tertiary/aromatic N) is 6. The maximum Gasteiger partial charge on any atom is 0.317 e. The van der Waals surface area contributed by atoms with E-state index in [2.05, 4.69) is 20.2 Å². The van der Waals surface area contributed by atoms with Gasteiger partial charge in [0.2, 0.25) is 5.91 Å². The Kier molecular flexibility index (Phi) is 11.4. The Hall–Kier alpha value is -5.83. The normalized spacial score (nSPS) is 15.7. The molecule has 1 amide bonds. The van der Waals surface area contributed by atoms with E-state index in [1.54, 1.807) is 17.0 Å². The molecule has 4 aromatic heterocycles. The molecule has 6 heterocycles. The summed E-state index contributed by atoms with van der Waals surface area (Å²) in [6, 6.07) is 9.45. The molecule has 6 aromatic rings. The zero-order chi connectivity index (χ0) is 38.5. The van der Waals surface area contributed by atoms with E-state index in [-0.39, 0.29) is 36.9 Å². The lowest BCUT2D eigenvalue weighted by Crippen LogP contribution is -2.39. The zero-order valence-corrected chi connectivity index (χ0v) is 30.3. The van der Waals surface area contributed by atoms with Crippen LogP contribution >= 0.6 is 0 Å². The Bertz CT molecular complexity index is 2280. The van der Waals surface area contributed by atoms with Crippen molar-refractivity contribution in [2.24, 2.45) is 11.8 Å². The third-order valence-corrected chi connectivity index (χ3v) is 10.7. The first kappa shape index (κ1) is 37.5. The molecule has 15 heteroatoms. The summed E-state index contributed by atoms with van der Waals surface area (Å²) in [7, 11) is 0. The number of carbonyl (C=O) groups excluding carboxylic acids is 1. The summed E-state index contributed by atoms with van der Waals surface area (Å²) in [6.45, 7) is 4.68. The quantitative estimate of drug-likeness (QED) is 0.121. The average molecular weight is 755 g/mol. The number of H-pyrrole nitrogens is 2. The molecule has 2 aliphatic rings. The minimum Gasteiger partial charge on any atom is -0.481 e. The molecule has 0 unspecified atom stereocenters. The third kappa shape index (κ3) is 9.28. The molecule has 55 heavy (non-hydrogen) atoms. The van der Waals surface area contributed by atoms with Crippen LogP contribution < -0.4 is 0 Å². The van der Waals surface area contributed by atoms with Gasteiger partial charge >= 0.3 is 11.9 Å². The van der Waals surface area contributed by atoms with Crippen LogP contribution in [-0.2, 0) is 27.5 Å². The van der Waals surface area contributed by atoms with E-state index in [1.165, 1.54) is 24.3 Å². The van der Waals surface area contributed by atoms with Gasteiger partial charge in [-0.3, -0.25) is 28.6 Å². The molecule has 0 atom stereocenters. The molecule has 0 saturated carbocycles. The molecular formula is C40H44F2N8O5. The predicted octanol–water partition coefficient (Wildman–Crippen LogP) is 6.24. The first-order valence-electron chi connectivity index (χ1n) is 18.6. The van der Waals surface area contributed by atoms with Gasteiger partial charge in [-0.1, -0.05) is 0 Å². The number of aromatic nitrogens is 6. The number of nitrogens with one attached hydrogen (secondary N) is 2. The van der Waals surface area contributed by atoms with Crippen molar-refractivity contribution in [3.63, 3.8) is 0 Å². The predicted molar refractivity (Wildman–Crippen MR) is 202 cm³/mol. The SMILES string of the molecule is O=C(O)CCC(=O)N1CCC(Cn2cc(-c3c[nH]c4cc(F)ccc34)cn2)CC1.O=C(O)CN1CCC(Cn2cc(-c3c[nH]c4cc(F)ccc34)cn2)CC1. The van der Waals surface area contributed by atoms with Crippen LogP contribution in [0.4, 0.5) is 8.78 Å². The lowest BCUT2D eigenvalue weighted by atomic mass is 9.96. The van der Waals surface area contributed by atoms with Gasteiger partial charge in [0.25, 0.3) is 0 Å². The largest absolute Gasteiger partial charge is 0.481 e. The molecule has 288 valence electrons. The fourth-order valence-electron chi connectivity index (χ4n) is 7.66. The molecule has 0 bridgehead atoms.